The van der Waals surface area contributed by atoms with Gasteiger partial charge in [0.15, 0.2) is 0 Å². The molecular weight excluding hydrogens is 250 g/mol. The highest BCUT2D eigenvalue weighted by Gasteiger charge is 2.45. The number of amides is 1. The standard InChI is InChI=1S/C13H17NO5/c1-17-9-3-4-10(11(5-9)18-2)14-12(16)13(6-15)7-19-8-13/h3-5,15H,6-8H2,1-2H3,(H,14,16). The van der Waals surface area contributed by atoms with Gasteiger partial charge in [0.2, 0.25) is 5.91 Å². The Bertz CT molecular complexity index is 465. The molecule has 0 bridgehead atoms. The molecule has 2 N–H and O–H groups in total. The Morgan fingerprint density at radius 1 is 1.42 bits per heavy atom. The molecule has 0 aliphatic carbocycles. The van der Waals surface area contributed by atoms with Gasteiger partial charge in [0, 0.05) is 6.07 Å². The number of carbonyl (C=O) groups is 1. The monoisotopic (exact) mass is 267 g/mol. The van der Waals surface area contributed by atoms with Gasteiger partial charge in [0.1, 0.15) is 16.9 Å². The molecule has 0 saturated carbocycles. The number of nitrogens with one attached hydrogen (secondary N) is 1. The van der Waals surface area contributed by atoms with Crippen molar-refractivity contribution in [2.24, 2.45) is 5.41 Å². The van der Waals surface area contributed by atoms with Crippen molar-refractivity contribution in [3.8, 4) is 11.5 Å². The zero-order valence-corrected chi connectivity index (χ0v) is 10.9. The summed E-state index contributed by atoms with van der Waals surface area (Å²) in [6.07, 6.45) is 0. The van der Waals surface area contributed by atoms with Crippen LogP contribution in [0.2, 0.25) is 0 Å². The van der Waals surface area contributed by atoms with E-state index in [0.717, 1.165) is 0 Å². The van der Waals surface area contributed by atoms with E-state index >= 15 is 0 Å². The third-order valence-corrected chi connectivity index (χ3v) is 3.20. The average Bonchev–Trinajstić information content (AvgIpc) is 2.38. The number of anilines is 1. The number of aliphatic hydroxyl groups is 1. The number of hydrogen-bond donors (Lipinski definition) is 2. The minimum Gasteiger partial charge on any atom is -0.497 e. The molecule has 1 aromatic rings. The van der Waals surface area contributed by atoms with Gasteiger partial charge in [-0.2, -0.15) is 0 Å². The van der Waals surface area contributed by atoms with Crippen molar-refractivity contribution in [1.82, 2.24) is 0 Å². The third-order valence-electron chi connectivity index (χ3n) is 3.20. The summed E-state index contributed by atoms with van der Waals surface area (Å²) < 4.78 is 15.3. The number of rotatable bonds is 5. The van der Waals surface area contributed by atoms with Crippen molar-refractivity contribution in [2.75, 3.05) is 39.4 Å². The van der Waals surface area contributed by atoms with Gasteiger partial charge in [0.25, 0.3) is 0 Å². The van der Waals surface area contributed by atoms with Crippen molar-refractivity contribution in [3.05, 3.63) is 18.2 Å². The van der Waals surface area contributed by atoms with Crippen LogP contribution in [0, 0.1) is 5.41 Å². The highest BCUT2D eigenvalue weighted by atomic mass is 16.5. The number of methoxy groups -OCH3 is 2. The molecule has 0 atom stereocenters. The topological polar surface area (TPSA) is 77.0 Å². The molecule has 0 spiro atoms. The van der Waals surface area contributed by atoms with Crippen LogP contribution in [-0.2, 0) is 9.53 Å². The Morgan fingerprint density at radius 2 is 2.16 bits per heavy atom. The minimum atomic E-state index is -0.842. The first-order valence-electron chi connectivity index (χ1n) is 5.87. The molecular formula is C13H17NO5. The van der Waals surface area contributed by atoms with Crippen LogP contribution in [0.3, 0.4) is 0 Å². The quantitative estimate of drug-likeness (QED) is 0.819. The van der Waals surface area contributed by atoms with Gasteiger partial charge in [0.05, 0.1) is 39.7 Å². The molecule has 1 aliphatic heterocycles. The minimum absolute atomic E-state index is 0.230. The molecule has 1 saturated heterocycles. The Kier molecular flexibility index (Phi) is 3.92. The Labute approximate surface area is 111 Å². The molecule has 2 rings (SSSR count). The summed E-state index contributed by atoms with van der Waals surface area (Å²) in [4.78, 5) is 12.1. The van der Waals surface area contributed by atoms with E-state index in [1.807, 2.05) is 0 Å². The van der Waals surface area contributed by atoms with Crippen LogP contribution in [0.5, 0.6) is 11.5 Å². The average molecular weight is 267 g/mol. The normalized spacial score (nSPS) is 16.4. The van der Waals surface area contributed by atoms with Crippen LogP contribution in [0.1, 0.15) is 0 Å². The van der Waals surface area contributed by atoms with Crippen molar-refractivity contribution < 1.29 is 24.1 Å². The van der Waals surface area contributed by atoms with Crippen molar-refractivity contribution in [3.63, 3.8) is 0 Å². The fourth-order valence-corrected chi connectivity index (χ4v) is 1.80. The molecule has 1 heterocycles. The van der Waals surface area contributed by atoms with E-state index in [1.165, 1.54) is 7.11 Å². The first-order valence-corrected chi connectivity index (χ1v) is 5.87. The van der Waals surface area contributed by atoms with E-state index in [4.69, 9.17) is 14.2 Å². The molecule has 6 heteroatoms. The molecule has 0 radical (unpaired) electrons. The molecule has 0 aromatic heterocycles. The van der Waals surface area contributed by atoms with E-state index < -0.39 is 5.41 Å². The van der Waals surface area contributed by atoms with Crippen LogP contribution in [0.4, 0.5) is 5.69 Å². The molecule has 1 aromatic carbocycles. The maximum atomic E-state index is 12.1. The fraction of sp³-hybridized carbons (Fsp3) is 0.462. The van der Waals surface area contributed by atoms with Gasteiger partial charge < -0.3 is 24.6 Å². The second-order valence-electron chi connectivity index (χ2n) is 4.45. The number of aliphatic hydroxyl groups excluding tert-OH is 1. The molecule has 1 aliphatic rings. The largest absolute Gasteiger partial charge is 0.497 e. The van der Waals surface area contributed by atoms with Crippen molar-refractivity contribution in [2.45, 2.75) is 0 Å². The van der Waals surface area contributed by atoms with Gasteiger partial charge in [-0.1, -0.05) is 0 Å². The second-order valence-corrected chi connectivity index (χ2v) is 4.45. The first kappa shape index (κ1) is 13.6. The van der Waals surface area contributed by atoms with Gasteiger partial charge in [-0.15, -0.1) is 0 Å². The van der Waals surface area contributed by atoms with Gasteiger partial charge in [-0.3, -0.25) is 4.79 Å². The molecule has 19 heavy (non-hydrogen) atoms. The number of ether oxygens (including phenoxy) is 3. The summed E-state index contributed by atoms with van der Waals surface area (Å²) in [6, 6.07) is 5.10. The van der Waals surface area contributed by atoms with E-state index in [0.29, 0.717) is 17.2 Å². The molecule has 0 unspecified atom stereocenters. The number of hydrogen-bond acceptors (Lipinski definition) is 5. The predicted molar refractivity (Wildman–Crippen MR) is 68.5 cm³/mol. The lowest BCUT2D eigenvalue weighted by Crippen LogP contribution is -2.54. The molecule has 1 fully saturated rings. The Balaban J connectivity index is 2.16. The Hall–Kier alpha value is -1.79. The summed E-state index contributed by atoms with van der Waals surface area (Å²) in [6.45, 7) is 0.221. The van der Waals surface area contributed by atoms with Crippen LogP contribution in [-0.4, -0.2) is 45.1 Å². The summed E-state index contributed by atoms with van der Waals surface area (Å²) in [5.41, 5.74) is -0.307. The van der Waals surface area contributed by atoms with E-state index in [-0.39, 0.29) is 25.7 Å². The molecule has 104 valence electrons. The maximum Gasteiger partial charge on any atom is 0.237 e. The van der Waals surface area contributed by atoms with Crippen LogP contribution >= 0.6 is 0 Å². The van der Waals surface area contributed by atoms with E-state index in [9.17, 15) is 9.90 Å². The predicted octanol–water partition coefficient (Wildman–Crippen LogP) is 0.651. The van der Waals surface area contributed by atoms with Crippen LogP contribution in [0.15, 0.2) is 18.2 Å². The molecule has 6 nitrogen and oxygen atoms in total. The third kappa shape index (κ3) is 2.50. The SMILES string of the molecule is COc1ccc(NC(=O)C2(CO)COC2)c(OC)c1. The first-order chi connectivity index (χ1) is 9.15. The summed E-state index contributed by atoms with van der Waals surface area (Å²) >= 11 is 0. The van der Waals surface area contributed by atoms with Gasteiger partial charge in [-0.05, 0) is 12.1 Å². The molecule has 1 amide bonds. The van der Waals surface area contributed by atoms with Gasteiger partial charge >= 0.3 is 0 Å². The van der Waals surface area contributed by atoms with Crippen molar-refractivity contribution in [1.29, 1.82) is 0 Å². The lowest BCUT2D eigenvalue weighted by molar-refractivity contribution is -0.164. The van der Waals surface area contributed by atoms with Crippen molar-refractivity contribution >= 4 is 11.6 Å². The summed E-state index contributed by atoms with van der Waals surface area (Å²) in [5, 5.41) is 12.0. The number of carbonyl (C=O) groups excluding carboxylic acids is 1. The van der Waals surface area contributed by atoms with E-state index in [1.54, 1.807) is 25.3 Å². The Morgan fingerprint density at radius 3 is 2.63 bits per heavy atom. The lowest BCUT2D eigenvalue weighted by atomic mass is 9.86. The highest BCUT2D eigenvalue weighted by molar-refractivity contribution is 5.97. The smallest absolute Gasteiger partial charge is 0.237 e. The van der Waals surface area contributed by atoms with Gasteiger partial charge in [-0.25, -0.2) is 0 Å². The summed E-state index contributed by atoms with van der Waals surface area (Å²) in [5.74, 6) is 0.865. The lowest BCUT2D eigenvalue weighted by Gasteiger charge is -2.38. The number of benzene rings is 1. The second kappa shape index (κ2) is 5.46. The van der Waals surface area contributed by atoms with E-state index in [2.05, 4.69) is 5.32 Å². The van der Waals surface area contributed by atoms with Crippen LogP contribution in [0.25, 0.3) is 0 Å². The fourth-order valence-electron chi connectivity index (χ4n) is 1.80. The zero-order valence-electron chi connectivity index (χ0n) is 10.9. The zero-order chi connectivity index (χ0) is 13.9. The summed E-state index contributed by atoms with van der Waals surface area (Å²) in [7, 11) is 3.07. The maximum absolute atomic E-state index is 12.1. The van der Waals surface area contributed by atoms with Crippen LogP contribution < -0.4 is 14.8 Å². The highest BCUT2D eigenvalue weighted by Crippen LogP contribution is 2.33.